The Balaban J connectivity index is 2.12. The van der Waals surface area contributed by atoms with Crippen LogP contribution in [-0.4, -0.2) is 5.78 Å². The van der Waals surface area contributed by atoms with E-state index in [9.17, 15) is 4.79 Å². The number of carbonyl (C=O) groups is 1. The van der Waals surface area contributed by atoms with Gasteiger partial charge in [0.05, 0.1) is 0 Å². The maximum absolute atomic E-state index is 10.8. The highest BCUT2D eigenvalue weighted by Gasteiger charge is 2.23. The molecule has 0 amide bonds. The second kappa shape index (κ2) is 8.72. The van der Waals surface area contributed by atoms with Crippen molar-refractivity contribution in [3.05, 3.63) is 0 Å². The molecule has 0 aromatic heterocycles. The van der Waals surface area contributed by atoms with Gasteiger partial charge in [-0.3, -0.25) is 0 Å². The molecule has 1 aliphatic carbocycles. The third-order valence-corrected chi connectivity index (χ3v) is 4.33. The Morgan fingerprint density at radius 1 is 1.00 bits per heavy atom. The first-order valence-corrected chi connectivity index (χ1v) is 7.73. The second-order valence-electron chi connectivity index (χ2n) is 5.89. The smallest absolute Gasteiger partial charge is 0.129 e. The molecule has 2 atom stereocenters. The van der Waals surface area contributed by atoms with Crippen LogP contribution in [0.15, 0.2) is 0 Å². The van der Waals surface area contributed by atoms with Gasteiger partial charge in [-0.2, -0.15) is 0 Å². The number of hydrogen-bond donors (Lipinski definition) is 0. The third-order valence-electron chi connectivity index (χ3n) is 4.33. The van der Waals surface area contributed by atoms with E-state index in [1.807, 2.05) is 0 Å². The fourth-order valence-corrected chi connectivity index (χ4v) is 3.37. The van der Waals surface area contributed by atoms with Gasteiger partial charge in [-0.25, -0.2) is 0 Å². The van der Waals surface area contributed by atoms with Gasteiger partial charge in [0, 0.05) is 6.42 Å². The third kappa shape index (κ3) is 6.24. The first-order valence-electron chi connectivity index (χ1n) is 7.73. The molecule has 0 heterocycles. The van der Waals surface area contributed by atoms with Gasteiger partial charge in [-0.1, -0.05) is 64.7 Å². The monoisotopic (exact) mass is 238 g/mol. The van der Waals surface area contributed by atoms with Crippen LogP contribution in [0.3, 0.4) is 0 Å². The molecular formula is C16H30O. The van der Waals surface area contributed by atoms with E-state index < -0.39 is 0 Å². The molecule has 0 aromatic rings. The molecule has 1 heteroatoms. The molecule has 0 saturated heterocycles. The Hall–Kier alpha value is -0.330. The van der Waals surface area contributed by atoms with Crippen molar-refractivity contribution in [3.8, 4) is 0 Å². The lowest BCUT2D eigenvalue weighted by Gasteiger charge is -2.31. The topological polar surface area (TPSA) is 17.1 Å². The van der Waals surface area contributed by atoms with Gasteiger partial charge in [0.1, 0.15) is 5.78 Å². The number of hydrogen-bond acceptors (Lipinski definition) is 1. The maximum Gasteiger partial charge on any atom is 0.129 e. The lowest BCUT2D eigenvalue weighted by molar-refractivity contribution is -0.117. The summed E-state index contributed by atoms with van der Waals surface area (Å²) in [6.07, 6.45) is 14.6. The van der Waals surface area contributed by atoms with E-state index in [2.05, 4.69) is 6.92 Å². The standard InChI is InChI=1S/C16H30O/c1-3-9-15-12-7-8-13-16(15)11-6-4-5-10-14(2)17/h15-16H,3-13H2,1-2H3. The SMILES string of the molecule is CCCC1CCCCC1CCCCCC(C)=O. The Bertz CT molecular complexity index is 208. The van der Waals surface area contributed by atoms with Crippen LogP contribution in [0.2, 0.25) is 0 Å². The molecule has 2 unspecified atom stereocenters. The Morgan fingerprint density at radius 3 is 2.24 bits per heavy atom. The first-order chi connectivity index (χ1) is 8.24. The summed E-state index contributed by atoms with van der Waals surface area (Å²) in [5, 5.41) is 0. The molecule has 1 rings (SSSR count). The predicted molar refractivity (Wildman–Crippen MR) is 74.1 cm³/mol. The Labute approximate surface area is 107 Å². The van der Waals surface area contributed by atoms with Gasteiger partial charge in [-0.05, 0) is 25.2 Å². The highest BCUT2D eigenvalue weighted by atomic mass is 16.1. The lowest BCUT2D eigenvalue weighted by Crippen LogP contribution is -2.19. The molecule has 1 saturated carbocycles. The summed E-state index contributed by atoms with van der Waals surface area (Å²) in [4.78, 5) is 10.8. The molecular weight excluding hydrogens is 208 g/mol. The number of ketones is 1. The summed E-state index contributed by atoms with van der Waals surface area (Å²) in [5.41, 5.74) is 0. The van der Waals surface area contributed by atoms with Gasteiger partial charge in [-0.15, -0.1) is 0 Å². The summed E-state index contributed by atoms with van der Waals surface area (Å²) in [6.45, 7) is 4.02. The van der Waals surface area contributed by atoms with Crippen LogP contribution in [-0.2, 0) is 4.79 Å². The molecule has 100 valence electrons. The van der Waals surface area contributed by atoms with Crippen LogP contribution < -0.4 is 0 Å². The van der Waals surface area contributed by atoms with E-state index in [0.29, 0.717) is 5.78 Å². The summed E-state index contributed by atoms with van der Waals surface area (Å²) in [5.74, 6) is 2.37. The van der Waals surface area contributed by atoms with Crippen LogP contribution >= 0.6 is 0 Å². The van der Waals surface area contributed by atoms with Gasteiger partial charge < -0.3 is 4.79 Å². The quantitative estimate of drug-likeness (QED) is 0.536. The van der Waals surface area contributed by atoms with E-state index in [0.717, 1.165) is 24.7 Å². The minimum Gasteiger partial charge on any atom is -0.300 e. The van der Waals surface area contributed by atoms with Gasteiger partial charge >= 0.3 is 0 Å². The summed E-state index contributed by atoms with van der Waals surface area (Å²) < 4.78 is 0. The molecule has 0 N–H and O–H groups in total. The summed E-state index contributed by atoms with van der Waals surface area (Å²) >= 11 is 0. The average Bonchev–Trinajstić information content (AvgIpc) is 2.31. The predicted octanol–water partition coefficient (Wildman–Crippen LogP) is 5.13. The van der Waals surface area contributed by atoms with Crippen LogP contribution in [0.5, 0.6) is 0 Å². The maximum atomic E-state index is 10.8. The van der Waals surface area contributed by atoms with Gasteiger partial charge in [0.25, 0.3) is 0 Å². The number of Topliss-reactive ketones (excluding diaryl/α,β-unsaturated/α-hetero) is 1. The van der Waals surface area contributed by atoms with E-state index in [1.54, 1.807) is 6.92 Å². The molecule has 17 heavy (non-hydrogen) atoms. The van der Waals surface area contributed by atoms with Gasteiger partial charge in [0.2, 0.25) is 0 Å². The van der Waals surface area contributed by atoms with Crippen molar-refractivity contribution >= 4 is 5.78 Å². The summed E-state index contributed by atoms with van der Waals surface area (Å²) in [7, 11) is 0. The van der Waals surface area contributed by atoms with E-state index in [1.165, 1.54) is 57.8 Å². The molecule has 0 spiro atoms. The minimum absolute atomic E-state index is 0.353. The number of rotatable bonds is 8. The fourth-order valence-electron chi connectivity index (χ4n) is 3.37. The summed E-state index contributed by atoms with van der Waals surface area (Å²) in [6, 6.07) is 0. The zero-order valence-electron chi connectivity index (χ0n) is 11.8. The highest BCUT2D eigenvalue weighted by Crippen LogP contribution is 2.36. The first kappa shape index (κ1) is 14.7. The number of carbonyl (C=O) groups excluding carboxylic acids is 1. The molecule has 1 nitrogen and oxygen atoms in total. The van der Waals surface area contributed by atoms with Crippen molar-refractivity contribution in [2.24, 2.45) is 11.8 Å². The molecule has 0 aromatic carbocycles. The molecule has 0 aliphatic heterocycles. The second-order valence-corrected chi connectivity index (χ2v) is 5.89. The fraction of sp³-hybridized carbons (Fsp3) is 0.938. The van der Waals surface area contributed by atoms with Gasteiger partial charge in [0.15, 0.2) is 0 Å². The van der Waals surface area contributed by atoms with Crippen molar-refractivity contribution in [3.63, 3.8) is 0 Å². The van der Waals surface area contributed by atoms with Crippen LogP contribution in [0.4, 0.5) is 0 Å². The van der Waals surface area contributed by atoms with Crippen LogP contribution in [0, 0.1) is 11.8 Å². The van der Waals surface area contributed by atoms with E-state index >= 15 is 0 Å². The molecule has 0 bridgehead atoms. The van der Waals surface area contributed by atoms with E-state index in [4.69, 9.17) is 0 Å². The average molecular weight is 238 g/mol. The molecule has 1 fully saturated rings. The largest absolute Gasteiger partial charge is 0.300 e. The van der Waals surface area contributed by atoms with Crippen molar-refractivity contribution < 1.29 is 4.79 Å². The Morgan fingerprint density at radius 2 is 1.65 bits per heavy atom. The normalized spacial score (nSPS) is 24.8. The van der Waals surface area contributed by atoms with Crippen molar-refractivity contribution in [1.29, 1.82) is 0 Å². The Kier molecular flexibility index (Phi) is 7.55. The zero-order valence-corrected chi connectivity index (χ0v) is 11.8. The van der Waals surface area contributed by atoms with Crippen LogP contribution in [0.25, 0.3) is 0 Å². The minimum atomic E-state index is 0.353. The van der Waals surface area contributed by atoms with Crippen molar-refractivity contribution in [2.45, 2.75) is 84.5 Å². The highest BCUT2D eigenvalue weighted by molar-refractivity contribution is 5.75. The van der Waals surface area contributed by atoms with E-state index in [-0.39, 0.29) is 0 Å². The zero-order chi connectivity index (χ0) is 12.5. The molecule has 0 radical (unpaired) electrons. The van der Waals surface area contributed by atoms with Crippen molar-refractivity contribution in [2.75, 3.05) is 0 Å². The van der Waals surface area contributed by atoms with Crippen molar-refractivity contribution in [1.82, 2.24) is 0 Å². The molecule has 1 aliphatic rings. The van der Waals surface area contributed by atoms with Crippen LogP contribution in [0.1, 0.15) is 84.5 Å². The lowest BCUT2D eigenvalue weighted by atomic mass is 9.75. The number of unbranched alkanes of at least 4 members (excludes halogenated alkanes) is 2.